The summed E-state index contributed by atoms with van der Waals surface area (Å²) in [7, 11) is 1.62. The Balaban J connectivity index is 2.59. The highest BCUT2D eigenvalue weighted by molar-refractivity contribution is 6.29. The third kappa shape index (κ3) is 1.62. The third-order valence-corrected chi connectivity index (χ3v) is 1.77. The lowest BCUT2D eigenvalue weighted by Crippen LogP contribution is -2.46. The van der Waals surface area contributed by atoms with Crippen molar-refractivity contribution in [2.24, 2.45) is 5.73 Å². The van der Waals surface area contributed by atoms with Crippen LogP contribution in [0.1, 0.15) is 0 Å². The van der Waals surface area contributed by atoms with Crippen LogP contribution in [0, 0.1) is 0 Å². The second kappa shape index (κ2) is 3.23. The van der Waals surface area contributed by atoms with Crippen LogP contribution in [0.4, 0.5) is 0 Å². The molecule has 58 valence electrons. The lowest BCUT2D eigenvalue weighted by atomic mass is 10.1. The molecule has 1 heterocycles. The first-order valence-electron chi connectivity index (χ1n) is 3.13. The minimum atomic E-state index is -0.0475. The molecule has 0 radical (unpaired) electrons. The molecule has 0 aromatic heterocycles. The standard InChI is InChI=1S/C6H11ClN2O/c1-10-5-2-6(7)9-3-4(5)8/h2,4-5,9H,3,8H2,1H3. The number of hydrogen-bond acceptors (Lipinski definition) is 3. The summed E-state index contributed by atoms with van der Waals surface area (Å²) in [5.74, 6) is 0. The highest BCUT2D eigenvalue weighted by Crippen LogP contribution is 2.09. The average Bonchev–Trinajstić information content (AvgIpc) is 1.94. The molecule has 0 bridgehead atoms. The Bertz CT molecular complexity index is 149. The molecular weight excluding hydrogens is 152 g/mol. The molecule has 10 heavy (non-hydrogen) atoms. The number of halogens is 1. The number of rotatable bonds is 1. The van der Waals surface area contributed by atoms with Crippen LogP contribution >= 0.6 is 11.6 Å². The van der Waals surface area contributed by atoms with E-state index >= 15 is 0 Å². The fourth-order valence-electron chi connectivity index (χ4n) is 0.901. The maximum Gasteiger partial charge on any atom is 0.100 e. The Kier molecular flexibility index (Phi) is 2.54. The van der Waals surface area contributed by atoms with E-state index < -0.39 is 0 Å². The molecule has 0 amide bonds. The first-order valence-corrected chi connectivity index (χ1v) is 3.51. The molecule has 1 aliphatic heterocycles. The zero-order valence-corrected chi connectivity index (χ0v) is 6.56. The molecule has 1 aliphatic rings. The Hall–Kier alpha value is -0.250. The first kappa shape index (κ1) is 7.85. The molecule has 0 aromatic carbocycles. The van der Waals surface area contributed by atoms with Crippen molar-refractivity contribution in [2.75, 3.05) is 13.7 Å². The van der Waals surface area contributed by atoms with Gasteiger partial charge < -0.3 is 15.8 Å². The van der Waals surface area contributed by atoms with Gasteiger partial charge in [0.05, 0.1) is 12.1 Å². The summed E-state index contributed by atoms with van der Waals surface area (Å²) >= 11 is 5.67. The Morgan fingerprint density at radius 1 is 1.90 bits per heavy atom. The van der Waals surface area contributed by atoms with Gasteiger partial charge in [-0.15, -0.1) is 0 Å². The lowest BCUT2D eigenvalue weighted by molar-refractivity contribution is 0.113. The summed E-state index contributed by atoms with van der Waals surface area (Å²) < 4.78 is 5.05. The van der Waals surface area contributed by atoms with Gasteiger partial charge in [0.2, 0.25) is 0 Å². The van der Waals surface area contributed by atoms with Gasteiger partial charge in [0.1, 0.15) is 5.16 Å². The van der Waals surface area contributed by atoms with Crippen molar-refractivity contribution in [3.63, 3.8) is 0 Å². The smallest absolute Gasteiger partial charge is 0.100 e. The van der Waals surface area contributed by atoms with Crippen molar-refractivity contribution in [1.82, 2.24) is 5.32 Å². The molecule has 4 heteroatoms. The molecule has 0 saturated carbocycles. The minimum absolute atomic E-state index is 0.00694. The van der Waals surface area contributed by atoms with Crippen LogP contribution in [0.5, 0.6) is 0 Å². The molecule has 2 unspecified atom stereocenters. The lowest BCUT2D eigenvalue weighted by Gasteiger charge is -2.25. The van der Waals surface area contributed by atoms with Crippen LogP contribution in [-0.4, -0.2) is 25.8 Å². The fraction of sp³-hybridized carbons (Fsp3) is 0.667. The van der Waals surface area contributed by atoms with Crippen molar-refractivity contribution in [1.29, 1.82) is 0 Å². The second-order valence-electron chi connectivity index (χ2n) is 2.26. The predicted molar refractivity (Wildman–Crippen MR) is 40.7 cm³/mol. The van der Waals surface area contributed by atoms with Gasteiger partial charge >= 0.3 is 0 Å². The normalized spacial score (nSPS) is 32.9. The van der Waals surface area contributed by atoms with Crippen molar-refractivity contribution in [3.8, 4) is 0 Å². The summed E-state index contributed by atoms with van der Waals surface area (Å²) in [6.07, 6.45) is 1.73. The number of ether oxygens (including phenoxy) is 1. The Labute approximate surface area is 65.2 Å². The van der Waals surface area contributed by atoms with Gasteiger partial charge in [-0.1, -0.05) is 11.6 Å². The van der Waals surface area contributed by atoms with Gasteiger partial charge in [0, 0.05) is 13.7 Å². The van der Waals surface area contributed by atoms with Crippen LogP contribution in [0.15, 0.2) is 11.2 Å². The summed E-state index contributed by atoms with van der Waals surface area (Å²) in [5, 5.41) is 3.54. The largest absolute Gasteiger partial charge is 0.376 e. The zero-order chi connectivity index (χ0) is 7.56. The van der Waals surface area contributed by atoms with E-state index in [1.54, 1.807) is 13.2 Å². The van der Waals surface area contributed by atoms with E-state index in [9.17, 15) is 0 Å². The molecule has 0 spiro atoms. The van der Waals surface area contributed by atoms with Gasteiger partial charge in [0.15, 0.2) is 0 Å². The van der Waals surface area contributed by atoms with Crippen molar-refractivity contribution in [2.45, 2.75) is 12.1 Å². The molecular formula is C6H11ClN2O. The Morgan fingerprint density at radius 2 is 2.60 bits per heavy atom. The number of nitrogens with one attached hydrogen (secondary N) is 1. The molecule has 1 rings (SSSR count). The highest BCUT2D eigenvalue weighted by Gasteiger charge is 2.19. The third-order valence-electron chi connectivity index (χ3n) is 1.51. The van der Waals surface area contributed by atoms with Gasteiger partial charge in [0.25, 0.3) is 0 Å². The van der Waals surface area contributed by atoms with Crippen molar-refractivity contribution < 1.29 is 4.74 Å². The molecule has 2 atom stereocenters. The summed E-state index contributed by atoms with van der Waals surface area (Å²) in [6.45, 7) is 0.674. The van der Waals surface area contributed by atoms with E-state index in [4.69, 9.17) is 22.1 Å². The number of hydrogen-bond donors (Lipinski definition) is 2. The van der Waals surface area contributed by atoms with E-state index in [0.717, 1.165) is 0 Å². The topological polar surface area (TPSA) is 47.3 Å². The van der Waals surface area contributed by atoms with Gasteiger partial charge in [-0.25, -0.2) is 0 Å². The molecule has 0 saturated heterocycles. The van der Waals surface area contributed by atoms with Crippen molar-refractivity contribution in [3.05, 3.63) is 11.2 Å². The monoisotopic (exact) mass is 162 g/mol. The molecule has 0 aliphatic carbocycles. The summed E-state index contributed by atoms with van der Waals surface area (Å²) in [4.78, 5) is 0. The van der Waals surface area contributed by atoms with Crippen LogP contribution in [-0.2, 0) is 4.74 Å². The van der Waals surface area contributed by atoms with E-state index in [2.05, 4.69) is 5.32 Å². The average molecular weight is 163 g/mol. The van der Waals surface area contributed by atoms with Gasteiger partial charge in [-0.05, 0) is 6.08 Å². The second-order valence-corrected chi connectivity index (χ2v) is 2.67. The van der Waals surface area contributed by atoms with E-state index in [1.807, 2.05) is 0 Å². The maximum absolute atomic E-state index is 5.67. The SMILES string of the molecule is COC1C=C(Cl)NCC1N. The Morgan fingerprint density at radius 3 is 3.10 bits per heavy atom. The van der Waals surface area contributed by atoms with Gasteiger partial charge in [-0.2, -0.15) is 0 Å². The van der Waals surface area contributed by atoms with E-state index in [0.29, 0.717) is 11.7 Å². The maximum atomic E-state index is 5.67. The minimum Gasteiger partial charge on any atom is -0.376 e. The van der Waals surface area contributed by atoms with Crippen LogP contribution in [0.3, 0.4) is 0 Å². The molecule has 3 nitrogen and oxygen atoms in total. The first-order chi connectivity index (χ1) is 4.74. The van der Waals surface area contributed by atoms with Crippen LogP contribution in [0.2, 0.25) is 0 Å². The van der Waals surface area contributed by atoms with Crippen LogP contribution in [0.25, 0.3) is 0 Å². The van der Waals surface area contributed by atoms with Gasteiger partial charge in [-0.3, -0.25) is 0 Å². The highest BCUT2D eigenvalue weighted by atomic mass is 35.5. The van der Waals surface area contributed by atoms with Crippen LogP contribution < -0.4 is 11.1 Å². The zero-order valence-electron chi connectivity index (χ0n) is 5.80. The molecule has 3 N–H and O–H groups in total. The fourth-order valence-corrected chi connectivity index (χ4v) is 1.10. The molecule has 0 aromatic rings. The quantitative estimate of drug-likeness (QED) is 0.535. The van der Waals surface area contributed by atoms with E-state index in [-0.39, 0.29) is 12.1 Å². The summed E-state index contributed by atoms with van der Waals surface area (Å²) in [5.41, 5.74) is 5.66. The van der Waals surface area contributed by atoms with E-state index in [1.165, 1.54) is 0 Å². The number of nitrogens with two attached hydrogens (primary N) is 1. The predicted octanol–water partition coefficient (Wildman–Crippen LogP) is 0.0121. The molecule has 0 fully saturated rings. The summed E-state index contributed by atoms with van der Waals surface area (Å²) in [6, 6.07) is 0.00694. The van der Waals surface area contributed by atoms with Crippen molar-refractivity contribution >= 4 is 11.6 Å². The number of methoxy groups -OCH3 is 1.